The lowest BCUT2D eigenvalue weighted by Gasteiger charge is -2.27. The van der Waals surface area contributed by atoms with Crippen molar-refractivity contribution >= 4 is 38.9 Å². The fourth-order valence-corrected chi connectivity index (χ4v) is 3.76. The summed E-state index contributed by atoms with van der Waals surface area (Å²) in [4.78, 5) is 38.5. The van der Waals surface area contributed by atoms with Crippen molar-refractivity contribution in [3.05, 3.63) is 33.0 Å². The van der Waals surface area contributed by atoms with Crippen molar-refractivity contribution in [3.63, 3.8) is 0 Å². The van der Waals surface area contributed by atoms with Crippen molar-refractivity contribution in [2.45, 2.75) is 25.0 Å². The SMILES string of the molecule is COc1cc2[nH]c(=O)cc(O[C@H]3CN(C(=O)O)[C@](C)(C(=O)O)C3)c2cc1Br. The smallest absolute Gasteiger partial charge is 0.408 e. The maximum atomic E-state index is 12.0. The van der Waals surface area contributed by atoms with E-state index < -0.39 is 29.3 Å². The van der Waals surface area contributed by atoms with E-state index in [1.807, 2.05) is 0 Å². The highest BCUT2D eigenvalue weighted by molar-refractivity contribution is 9.10. The molecule has 1 aliphatic heterocycles. The van der Waals surface area contributed by atoms with E-state index in [0.29, 0.717) is 21.1 Å². The average Bonchev–Trinajstić information content (AvgIpc) is 2.93. The lowest BCUT2D eigenvalue weighted by Crippen LogP contribution is -2.50. The molecule has 0 radical (unpaired) electrons. The molecule has 0 spiro atoms. The van der Waals surface area contributed by atoms with Gasteiger partial charge in [0.05, 0.1) is 23.6 Å². The molecular formula is C17H17BrN2O7. The van der Waals surface area contributed by atoms with Gasteiger partial charge in [0.1, 0.15) is 23.1 Å². The molecule has 0 unspecified atom stereocenters. The Morgan fingerprint density at radius 1 is 1.30 bits per heavy atom. The molecule has 0 saturated carbocycles. The van der Waals surface area contributed by atoms with Crippen molar-refractivity contribution in [1.82, 2.24) is 9.88 Å². The first-order valence-electron chi connectivity index (χ1n) is 7.97. The van der Waals surface area contributed by atoms with Crippen molar-refractivity contribution in [2.75, 3.05) is 13.7 Å². The first kappa shape index (κ1) is 19.0. The Bertz CT molecular complexity index is 989. The quantitative estimate of drug-likeness (QED) is 0.664. The van der Waals surface area contributed by atoms with Gasteiger partial charge in [0.2, 0.25) is 0 Å². The molecule has 1 aromatic carbocycles. The number of H-pyrrole nitrogens is 1. The van der Waals surface area contributed by atoms with Gasteiger partial charge < -0.3 is 24.7 Å². The van der Waals surface area contributed by atoms with Gasteiger partial charge in [-0.1, -0.05) is 0 Å². The van der Waals surface area contributed by atoms with Crippen LogP contribution in [-0.2, 0) is 4.79 Å². The van der Waals surface area contributed by atoms with Crippen molar-refractivity contribution in [2.24, 2.45) is 0 Å². The molecule has 3 N–H and O–H groups in total. The third kappa shape index (κ3) is 3.32. The zero-order valence-electron chi connectivity index (χ0n) is 14.5. The molecule has 1 fully saturated rings. The molecule has 1 aromatic heterocycles. The summed E-state index contributed by atoms with van der Waals surface area (Å²) in [7, 11) is 1.50. The molecule has 1 saturated heterocycles. The van der Waals surface area contributed by atoms with Gasteiger partial charge in [0, 0.05) is 23.9 Å². The van der Waals surface area contributed by atoms with Crippen LogP contribution in [0, 0.1) is 0 Å². The second-order valence-electron chi connectivity index (χ2n) is 6.45. The minimum Gasteiger partial charge on any atom is -0.495 e. The average molecular weight is 441 g/mol. The number of halogens is 1. The molecule has 2 heterocycles. The first-order valence-corrected chi connectivity index (χ1v) is 8.76. The molecule has 2 aromatic rings. The fourth-order valence-electron chi connectivity index (χ4n) is 3.25. The van der Waals surface area contributed by atoms with Crippen LogP contribution in [0.1, 0.15) is 13.3 Å². The number of aromatic nitrogens is 1. The van der Waals surface area contributed by atoms with Gasteiger partial charge in [0.15, 0.2) is 0 Å². The molecular weight excluding hydrogens is 424 g/mol. The maximum absolute atomic E-state index is 12.0. The number of rotatable bonds is 4. The summed E-state index contributed by atoms with van der Waals surface area (Å²) < 4.78 is 11.7. The molecule has 144 valence electrons. The van der Waals surface area contributed by atoms with Crippen molar-refractivity contribution < 1.29 is 29.3 Å². The Morgan fingerprint density at radius 3 is 2.56 bits per heavy atom. The number of likely N-dealkylation sites (tertiary alicyclic amines) is 1. The Balaban J connectivity index is 2.00. The van der Waals surface area contributed by atoms with Crippen molar-refractivity contribution in [3.8, 4) is 11.5 Å². The van der Waals surface area contributed by atoms with Crippen LogP contribution < -0.4 is 15.0 Å². The number of hydrogen-bond donors (Lipinski definition) is 3. The molecule has 1 aliphatic rings. The molecule has 9 nitrogen and oxygen atoms in total. The molecule has 0 aliphatic carbocycles. The molecule has 1 amide bonds. The van der Waals surface area contributed by atoms with Crippen LogP contribution in [0.3, 0.4) is 0 Å². The van der Waals surface area contributed by atoms with E-state index in [9.17, 15) is 24.6 Å². The number of methoxy groups -OCH3 is 1. The normalized spacial score (nSPS) is 22.0. The van der Waals surface area contributed by atoms with E-state index >= 15 is 0 Å². The van der Waals surface area contributed by atoms with E-state index in [2.05, 4.69) is 20.9 Å². The molecule has 0 bridgehead atoms. The van der Waals surface area contributed by atoms with Gasteiger partial charge >= 0.3 is 12.1 Å². The topological polar surface area (TPSA) is 129 Å². The van der Waals surface area contributed by atoms with Gasteiger partial charge in [0.25, 0.3) is 5.56 Å². The number of carbonyl (C=O) groups is 2. The zero-order valence-corrected chi connectivity index (χ0v) is 16.1. The largest absolute Gasteiger partial charge is 0.495 e. The molecule has 3 rings (SSSR count). The van der Waals surface area contributed by atoms with E-state index in [4.69, 9.17) is 9.47 Å². The lowest BCUT2D eigenvalue weighted by molar-refractivity contribution is -0.147. The number of ether oxygens (including phenoxy) is 2. The van der Waals surface area contributed by atoms with Gasteiger partial charge in [-0.15, -0.1) is 0 Å². The predicted molar refractivity (Wildman–Crippen MR) is 98.6 cm³/mol. The molecule has 2 atom stereocenters. The van der Waals surface area contributed by atoms with Crippen LogP contribution in [0.25, 0.3) is 10.9 Å². The summed E-state index contributed by atoms with van der Waals surface area (Å²) in [5.74, 6) is -0.493. The zero-order chi connectivity index (χ0) is 19.9. The third-order valence-electron chi connectivity index (χ3n) is 4.67. The number of aliphatic carboxylic acids is 1. The minimum atomic E-state index is -1.60. The van der Waals surface area contributed by atoms with Gasteiger partial charge in [-0.3, -0.25) is 9.69 Å². The Kier molecular flexibility index (Phi) is 4.77. The maximum Gasteiger partial charge on any atom is 0.408 e. The summed E-state index contributed by atoms with van der Waals surface area (Å²) in [6.07, 6.45) is -2.09. The lowest BCUT2D eigenvalue weighted by atomic mass is 9.99. The second-order valence-corrected chi connectivity index (χ2v) is 7.30. The predicted octanol–water partition coefficient (Wildman–Crippen LogP) is 2.27. The standard InChI is InChI=1S/C17H17BrN2O7/c1-17(15(22)23)6-8(7-20(17)16(24)25)27-12-5-14(21)19-11-4-13(26-2)10(18)3-9(11)12/h3-5,8H,6-7H2,1-2H3,(H,19,21)(H,22,23)(H,24,25)/t8-,17+/m1/s1. The summed E-state index contributed by atoms with van der Waals surface area (Å²) in [6, 6.07) is 4.59. The van der Waals surface area contributed by atoms with Gasteiger partial charge in [-0.2, -0.15) is 0 Å². The number of aromatic amines is 1. The third-order valence-corrected chi connectivity index (χ3v) is 5.29. The van der Waals surface area contributed by atoms with Crippen LogP contribution in [0.4, 0.5) is 4.79 Å². The van der Waals surface area contributed by atoms with E-state index in [0.717, 1.165) is 4.90 Å². The Hall–Kier alpha value is -2.75. The van der Waals surface area contributed by atoms with Gasteiger partial charge in [-0.25, -0.2) is 9.59 Å². The first-order chi connectivity index (χ1) is 12.7. The number of carboxylic acid groups (broad SMARTS) is 2. The van der Waals surface area contributed by atoms with E-state index in [1.54, 1.807) is 12.1 Å². The summed E-state index contributed by atoms with van der Waals surface area (Å²) in [6.45, 7) is 1.22. The van der Waals surface area contributed by atoms with Crippen LogP contribution in [0.5, 0.6) is 11.5 Å². The second kappa shape index (κ2) is 6.76. The van der Waals surface area contributed by atoms with Gasteiger partial charge in [-0.05, 0) is 28.9 Å². The summed E-state index contributed by atoms with van der Waals surface area (Å²) in [5, 5.41) is 19.4. The Labute approximate surface area is 161 Å². The highest BCUT2D eigenvalue weighted by atomic mass is 79.9. The number of benzene rings is 1. The fraction of sp³-hybridized carbons (Fsp3) is 0.353. The number of carboxylic acids is 1. The number of pyridine rings is 1. The minimum absolute atomic E-state index is 0.0414. The van der Waals surface area contributed by atoms with Crippen LogP contribution >= 0.6 is 15.9 Å². The highest BCUT2D eigenvalue weighted by Gasteiger charge is 2.51. The van der Waals surface area contributed by atoms with Crippen LogP contribution in [0.15, 0.2) is 27.5 Å². The summed E-state index contributed by atoms with van der Waals surface area (Å²) in [5.41, 5.74) is -1.53. The summed E-state index contributed by atoms with van der Waals surface area (Å²) >= 11 is 3.37. The number of nitrogens with zero attached hydrogens (tertiary/aromatic N) is 1. The van der Waals surface area contributed by atoms with Crippen molar-refractivity contribution in [1.29, 1.82) is 0 Å². The van der Waals surface area contributed by atoms with E-state index in [1.165, 1.54) is 20.1 Å². The molecule has 10 heteroatoms. The van der Waals surface area contributed by atoms with Crippen LogP contribution in [-0.4, -0.2) is 57.5 Å². The monoisotopic (exact) mass is 440 g/mol. The van der Waals surface area contributed by atoms with Crippen LogP contribution in [0.2, 0.25) is 0 Å². The Morgan fingerprint density at radius 2 is 2.00 bits per heavy atom. The number of amides is 1. The molecule has 27 heavy (non-hydrogen) atoms. The number of hydrogen-bond acceptors (Lipinski definition) is 5. The number of fused-ring (bicyclic) bond motifs is 1. The van der Waals surface area contributed by atoms with E-state index in [-0.39, 0.29) is 18.7 Å². The highest BCUT2D eigenvalue weighted by Crippen LogP contribution is 2.36. The number of nitrogens with one attached hydrogen (secondary N) is 1.